The van der Waals surface area contributed by atoms with Crippen LogP contribution in [0.3, 0.4) is 0 Å². The molecule has 152 valence electrons. The minimum absolute atomic E-state index is 0.0399. The van der Waals surface area contributed by atoms with Gasteiger partial charge in [0.05, 0.1) is 22.7 Å². The molecule has 2 aliphatic rings. The standard InChI is InChI=1S/C24H23N3O2S/c28-23(25-13-16-10-11-16)22-14-30-15-27(22)24(29)19-12-21(17-6-2-1-3-7-17)26-20-9-5-4-8-18(19)20/h1-9,12,16,22H,10-11,13-15H2,(H,25,28). The Hall–Kier alpha value is -2.86. The number of carbonyl (C=O) groups is 2. The van der Waals surface area contributed by atoms with Gasteiger partial charge in [0.15, 0.2) is 0 Å². The van der Waals surface area contributed by atoms with E-state index in [1.54, 1.807) is 16.7 Å². The number of benzene rings is 2. The van der Waals surface area contributed by atoms with Crippen molar-refractivity contribution < 1.29 is 9.59 Å². The fourth-order valence-corrected chi connectivity index (χ4v) is 4.96. The van der Waals surface area contributed by atoms with Gasteiger partial charge in [-0.3, -0.25) is 9.59 Å². The van der Waals surface area contributed by atoms with E-state index in [9.17, 15) is 9.59 Å². The molecule has 0 bridgehead atoms. The van der Waals surface area contributed by atoms with Crippen LogP contribution in [0.15, 0.2) is 60.7 Å². The average Bonchev–Trinajstić information content (AvgIpc) is 3.50. The first-order chi connectivity index (χ1) is 14.7. The van der Waals surface area contributed by atoms with Crippen molar-refractivity contribution >= 4 is 34.5 Å². The maximum atomic E-state index is 13.6. The number of carbonyl (C=O) groups excluding carboxylic acids is 2. The van der Waals surface area contributed by atoms with Gasteiger partial charge in [0.2, 0.25) is 5.91 Å². The Balaban J connectivity index is 1.49. The van der Waals surface area contributed by atoms with E-state index in [0.717, 1.165) is 28.7 Å². The van der Waals surface area contributed by atoms with Crippen LogP contribution < -0.4 is 5.32 Å². The maximum Gasteiger partial charge on any atom is 0.256 e. The van der Waals surface area contributed by atoms with Gasteiger partial charge in [-0.1, -0.05) is 48.5 Å². The Morgan fingerprint density at radius 3 is 2.63 bits per heavy atom. The maximum absolute atomic E-state index is 13.6. The molecular formula is C24H23N3O2S. The number of para-hydroxylation sites is 1. The van der Waals surface area contributed by atoms with Crippen molar-refractivity contribution in [1.29, 1.82) is 0 Å². The SMILES string of the molecule is O=C(NCC1CC1)C1CSCN1C(=O)c1cc(-c2ccccc2)nc2ccccc12. The van der Waals surface area contributed by atoms with Gasteiger partial charge in [0, 0.05) is 23.2 Å². The van der Waals surface area contributed by atoms with Gasteiger partial charge >= 0.3 is 0 Å². The van der Waals surface area contributed by atoms with E-state index >= 15 is 0 Å². The summed E-state index contributed by atoms with van der Waals surface area (Å²) in [5, 5.41) is 3.85. The van der Waals surface area contributed by atoms with E-state index in [4.69, 9.17) is 4.98 Å². The normalized spacial score (nSPS) is 18.5. The van der Waals surface area contributed by atoms with Gasteiger partial charge in [-0.05, 0) is 30.9 Å². The quantitative estimate of drug-likeness (QED) is 0.683. The highest BCUT2D eigenvalue weighted by atomic mass is 32.2. The summed E-state index contributed by atoms with van der Waals surface area (Å²) in [5.74, 6) is 1.63. The predicted octanol–water partition coefficient (Wildman–Crippen LogP) is 3.94. The van der Waals surface area contributed by atoms with Gasteiger partial charge in [-0.25, -0.2) is 4.98 Å². The van der Waals surface area contributed by atoms with E-state index < -0.39 is 6.04 Å². The first-order valence-corrected chi connectivity index (χ1v) is 11.5. The lowest BCUT2D eigenvalue weighted by Gasteiger charge is -2.24. The van der Waals surface area contributed by atoms with Crippen molar-refractivity contribution in [2.75, 3.05) is 18.2 Å². The Kier molecular flexibility index (Phi) is 5.17. The van der Waals surface area contributed by atoms with E-state index in [1.165, 1.54) is 12.8 Å². The number of pyridine rings is 1. The van der Waals surface area contributed by atoms with Crippen LogP contribution in [0.2, 0.25) is 0 Å². The number of hydrogen-bond acceptors (Lipinski definition) is 4. The van der Waals surface area contributed by atoms with Crippen LogP contribution in [-0.2, 0) is 4.79 Å². The third kappa shape index (κ3) is 3.79. The van der Waals surface area contributed by atoms with Gasteiger partial charge < -0.3 is 10.2 Å². The second kappa shape index (κ2) is 8.11. The number of aromatic nitrogens is 1. The first kappa shape index (κ1) is 19.1. The number of hydrogen-bond donors (Lipinski definition) is 1. The number of thioether (sulfide) groups is 1. The molecule has 2 amide bonds. The number of nitrogens with zero attached hydrogens (tertiary/aromatic N) is 2. The zero-order valence-electron chi connectivity index (χ0n) is 16.6. The van der Waals surface area contributed by atoms with Crippen LogP contribution in [0.4, 0.5) is 0 Å². The molecule has 2 aromatic carbocycles. The number of fused-ring (bicyclic) bond motifs is 1. The molecule has 5 nitrogen and oxygen atoms in total. The van der Waals surface area contributed by atoms with Gasteiger partial charge in [-0.15, -0.1) is 11.8 Å². The van der Waals surface area contributed by atoms with Gasteiger partial charge in [-0.2, -0.15) is 0 Å². The van der Waals surface area contributed by atoms with Gasteiger partial charge in [0.25, 0.3) is 5.91 Å². The van der Waals surface area contributed by atoms with Gasteiger partial charge in [0.1, 0.15) is 6.04 Å². The lowest BCUT2D eigenvalue weighted by atomic mass is 10.0. The van der Waals surface area contributed by atoms with Crippen LogP contribution >= 0.6 is 11.8 Å². The smallest absolute Gasteiger partial charge is 0.256 e. The molecule has 6 heteroatoms. The molecule has 2 fully saturated rings. The number of amides is 2. The van der Waals surface area contributed by atoms with E-state index in [2.05, 4.69) is 5.32 Å². The largest absolute Gasteiger partial charge is 0.354 e. The molecule has 0 spiro atoms. The first-order valence-electron chi connectivity index (χ1n) is 10.3. The molecular weight excluding hydrogens is 394 g/mol. The van der Waals surface area contributed by atoms with Crippen molar-refractivity contribution in [2.24, 2.45) is 5.92 Å². The number of rotatable bonds is 5. The summed E-state index contributed by atoms with van der Waals surface area (Å²) in [5.41, 5.74) is 3.11. The Morgan fingerprint density at radius 2 is 1.83 bits per heavy atom. The van der Waals surface area contributed by atoms with Crippen molar-refractivity contribution in [3.05, 3.63) is 66.2 Å². The molecule has 30 heavy (non-hydrogen) atoms. The molecule has 1 unspecified atom stereocenters. The minimum Gasteiger partial charge on any atom is -0.354 e. The van der Waals surface area contributed by atoms with Crippen molar-refractivity contribution in [3.8, 4) is 11.3 Å². The molecule has 1 N–H and O–H groups in total. The summed E-state index contributed by atoms with van der Waals surface area (Å²) in [4.78, 5) is 32.8. The highest BCUT2D eigenvalue weighted by Gasteiger charge is 2.36. The lowest BCUT2D eigenvalue weighted by Crippen LogP contribution is -2.47. The van der Waals surface area contributed by atoms with Crippen LogP contribution in [0.5, 0.6) is 0 Å². The Labute approximate surface area is 179 Å². The molecule has 1 saturated heterocycles. The molecule has 1 aliphatic carbocycles. The monoisotopic (exact) mass is 417 g/mol. The molecule has 1 aromatic heterocycles. The average molecular weight is 418 g/mol. The fourth-order valence-electron chi connectivity index (χ4n) is 3.81. The molecule has 2 heterocycles. The number of nitrogens with one attached hydrogen (secondary N) is 1. The van der Waals surface area contributed by atoms with E-state index in [-0.39, 0.29) is 11.8 Å². The van der Waals surface area contributed by atoms with Crippen molar-refractivity contribution in [3.63, 3.8) is 0 Å². The fraction of sp³-hybridized carbons (Fsp3) is 0.292. The second-order valence-electron chi connectivity index (χ2n) is 7.92. The summed E-state index contributed by atoms with van der Waals surface area (Å²) >= 11 is 1.63. The van der Waals surface area contributed by atoms with Crippen LogP contribution in [0.1, 0.15) is 23.2 Å². The topological polar surface area (TPSA) is 62.3 Å². The summed E-state index contributed by atoms with van der Waals surface area (Å²) < 4.78 is 0. The van der Waals surface area contributed by atoms with Crippen molar-refractivity contribution in [1.82, 2.24) is 15.2 Å². The summed E-state index contributed by atoms with van der Waals surface area (Å²) in [6.07, 6.45) is 2.38. The highest BCUT2D eigenvalue weighted by molar-refractivity contribution is 7.99. The Morgan fingerprint density at radius 1 is 1.07 bits per heavy atom. The van der Waals surface area contributed by atoms with Crippen LogP contribution in [-0.4, -0.2) is 45.9 Å². The predicted molar refractivity (Wildman–Crippen MR) is 120 cm³/mol. The molecule has 5 rings (SSSR count). The molecule has 0 radical (unpaired) electrons. The summed E-state index contributed by atoms with van der Waals surface area (Å²) in [6, 6.07) is 19.0. The lowest BCUT2D eigenvalue weighted by molar-refractivity contribution is -0.124. The highest BCUT2D eigenvalue weighted by Crippen LogP contribution is 2.30. The van der Waals surface area contributed by atoms with Crippen LogP contribution in [0.25, 0.3) is 22.2 Å². The Bertz CT molecular complexity index is 1100. The molecule has 1 atom stereocenters. The van der Waals surface area contributed by atoms with Crippen LogP contribution in [0, 0.1) is 5.92 Å². The molecule has 1 saturated carbocycles. The zero-order chi connectivity index (χ0) is 20.5. The summed E-state index contributed by atoms with van der Waals surface area (Å²) in [7, 11) is 0. The minimum atomic E-state index is -0.423. The van der Waals surface area contributed by atoms with E-state index in [1.807, 2.05) is 60.7 Å². The zero-order valence-corrected chi connectivity index (χ0v) is 17.4. The molecule has 3 aromatic rings. The molecule has 1 aliphatic heterocycles. The second-order valence-corrected chi connectivity index (χ2v) is 8.92. The third-order valence-corrected chi connectivity index (χ3v) is 6.74. The third-order valence-electron chi connectivity index (χ3n) is 5.72. The summed E-state index contributed by atoms with van der Waals surface area (Å²) in [6.45, 7) is 0.721. The van der Waals surface area contributed by atoms with E-state index in [0.29, 0.717) is 23.1 Å². The van der Waals surface area contributed by atoms with Crippen molar-refractivity contribution in [2.45, 2.75) is 18.9 Å².